The van der Waals surface area contributed by atoms with E-state index in [0.717, 1.165) is 15.8 Å². The van der Waals surface area contributed by atoms with Gasteiger partial charge >= 0.3 is 10.0 Å². The fraction of sp³-hybridized carbons (Fsp3) is 0.133. The van der Waals surface area contributed by atoms with Crippen LogP contribution < -0.4 is 4.80 Å². The molecule has 118 valence electrons. The number of nitrogens with zero attached hydrogens (tertiary/aromatic N) is 4. The molecule has 0 N–H and O–H groups in total. The normalized spacial score (nSPS) is 13.2. The van der Waals surface area contributed by atoms with Crippen LogP contribution in [0.25, 0.3) is 10.2 Å². The number of thiazole rings is 1. The smallest absolute Gasteiger partial charge is 0.301 e. The standard InChI is InChI=1S/C15H14N4O2S2/c1-11-7-9-12(10-8-11)23(20,21)18-17-16-15-19(2)13-5-3-4-6-14(13)22-15/h3-10H,1-2H3. The van der Waals surface area contributed by atoms with Crippen LogP contribution >= 0.6 is 11.3 Å². The van der Waals surface area contributed by atoms with Crippen molar-refractivity contribution < 1.29 is 8.42 Å². The quantitative estimate of drug-likeness (QED) is 0.539. The minimum absolute atomic E-state index is 0.0998. The third kappa shape index (κ3) is 3.22. The molecule has 1 heterocycles. The molecule has 0 spiro atoms. The Morgan fingerprint density at radius 3 is 2.43 bits per heavy atom. The summed E-state index contributed by atoms with van der Waals surface area (Å²) in [6.07, 6.45) is 0. The summed E-state index contributed by atoms with van der Waals surface area (Å²) in [5.41, 5.74) is 1.98. The van der Waals surface area contributed by atoms with Crippen LogP contribution in [0.15, 0.2) is 68.3 Å². The van der Waals surface area contributed by atoms with Crippen LogP contribution in [-0.4, -0.2) is 13.0 Å². The number of hydrogen-bond donors (Lipinski definition) is 0. The van der Waals surface area contributed by atoms with Gasteiger partial charge in [-0.05, 0) is 40.9 Å². The molecular formula is C15H14N4O2S2. The van der Waals surface area contributed by atoms with Crippen LogP contribution in [0.2, 0.25) is 0 Å². The summed E-state index contributed by atoms with van der Waals surface area (Å²) in [4.78, 5) is 0.678. The Balaban J connectivity index is 1.95. The number of hydrogen-bond acceptors (Lipinski definition) is 4. The molecule has 3 aromatic rings. The number of rotatable bonds is 3. The molecule has 0 aliphatic carbocycles. The highest BCUT2D eigenvalue weighted by atomic mass is 32.2. The Labute approximate surface area is 137 Å². The van der Waals surface area contributed by atoms with E-state index in [-0.39, 0.29) is 4.90 Å². The molecule has 0 fully saturated rings. The second kappa shape index (κ2) is 6.05. The molecule has 23 heavy (non-hydrogen) atoms. The van der Waals surface area contributed by atoms with Crippen LogP contribution in [0.4, 0.5) is 0 Å². The van der Waals surface area contributed by atoms with Crippen molar-refractivity contribution in [2.45, 2.75) is 11.8 Å². The number of para-hydroxylation sites is 1. The topological polar surface area (TPSA) is 76.2 Å². The van der Waals surface area contributed by atoms with Gasteiger partial charge in [-0.1, -0.05) is 46.3 Å². The Morgan fingerprint density at radius 2 is 1.74 bits per heavy atom. The first-order chi connectivity index (χ1) is 11.0. The molecule has 0 unspecified atom stereocenters. The second-order valence-electron chi connectivity index (χ2n) is 4.97. The van der Waals surface area contributed by atoms with Gasteiger partial charge in [-0.15, -0.1) is 0 Å². The minimum Gasteiger partial charge on any atom is -0.318 e. The van der Waals surface area contributed by atoms with E-state index in [1.54, 1.807) is 12.1 Å². The largest absolute Gasteiger partial charge is 0.318 e. The van der Waals surface area contributed by atoms with Crippen LogP contribution in [0.1, 0.15) is 5.56 Å². The number of sulfonamides is 1. The molecule has 2 aromatic carbocycles. The number of aromatic nitrogens is 1. The average molecular weight is 346 g/mol. The summed E-state index contributed by atoms with van der Waals surface area (Å²) in [5, 5.41) is 7.45. The van der Waals surface area contributed by atoms with E-state index >= 15 is 0 Å². The zero-order valence-corrected chi connectivity index (χ0v) is 14.2. The van der Waals surface area contributed by atoms with Gasteiger partial charge in [-0.25, -0.2) is 0 Å². The first-order valence-corrected chi connectivity index (χ1v) is 9.05. The van der Waals surface area contributed by atoms with Crippen molar-refractivity contribution in [3.63, 3.8) is 0 Å². The third-order valence-corrected chi connectivity index (χ3v) is 5.57. The van der Waals surface area contributed by atoms with Crippen molar-refractivity contribution in [3.05, 3.63) is 58.9 Å². The number of fused-ring (bicyclic) bond motifs is 1. The fourth-order valence-corrected chi connectivity index (χ4v) is 3.71. The SMILES string of the molecule is Cc1ccc(S(=O)(=O)N=NN=c2sc3ccccc3n2C)cc1. The van der Waals surface area contributed by atoms with Crippen molar-refractivity contribution in [2.24, 2.45) is 21.9 Å². The number of benzene rings is 2. The Morgan fingerprint density at radius 1 is 1.04 bits per heavy atom. The number of aryl methyl sites for hydroxylation is 2. The lowest BCUT2D eigenvalue weighted by Gasteiger charge is -1.96. The summed E-state index contributed by atoms with van der Waals surface area (Å²) >= 11 is 1.42. The maximum absolute atomic E-state index is 12.1. The zero-order chi connectivity index (χ0) is 16.4. The van der Waals surface area contributed by atoms with Crippen molar-refractivity contribution in [3.8, 4) is 0 Å². The summed E-state index contributed by atoms with van der Waals surface area (Å²) in [7, 11) is -1.98. The van der Waals surface area contributed by atoms with Crippen molar-refractivity contribution in [1.29, 1.82) is 0 Å². The lowest BCUT2D eigenvalue weighted by molar-refractivity contribution is 0.594. The molecular weight excluding hydrogens is 332 g/mol. The lowest BCUT2D eigenvalue weighted by atomic mass is 10.2. The lowest BCUT2D eigenvalue weighted by Crippen LogP contribution is -2.08. The Hall–Kier alpha value is -2.32. The highest BCUT2D eigenvalue weighted by Gasteiger charge is 2.12. The maximum atomic E-state index is 12.1. The summed E-state index contributed by atoms with van der Waals surface area (Å²) in [6, 6.07) is 14.2. The van der Waals surface area contributed by atoms with Crippen LogP contribution in [0, 0.1) is 6.92 Å². The van der Waals surface area contributed by atoms with Gasteiger partial charge in [0.15, 0.2) is 0 Å². The highest BCUT2D eigenvalue weighted by Crippen LogP contribution is 2.16. The average Bonchev–Trinajstić information content (AvgIpc) is 2.84. The van der Waals surface area contributed by atoms with Crippen LogP contribution in [-0.2, 0) is 17.1 Å². The van der Waals surface area contributed by atoms with Crippen LogP contribution in [0.5, 0.6) is 0 Å². The van der Waals surface area contributed by atoms with E-state index in [4.69, 9.17) is 0 Å². The third-order valence-electron chi connectivity index (χ3n) is 3.31. The molecule has 0 radical (unpaired) electrons. The van der Waals surface area contributed by atoms with Gasteiger partial charge in [0.2, 0.25) is 4.80 Å². The maximum Gasteiger partial charge on any atom is 0.301 e. The van der Waals surface area contributed by atoms with Crippen molar-refractivity contribution in [1.82, 2.24) is 4.57 Å². The summed E-state index contributed by atoms with van der Waals surface area (Å²) in [5.74, 6) is 0. The predicted molar refractivity (Wildman–Crippen MR) is 89.6 cm³/mol. The molecule has 0 aliphatic heterocycles. The monoisotopic (exact) mass is 346 g/mol. The van der Waals surface area contributed by atoms with Gasteiger partial charge in [-0.3, -0.25) is 0 Å². The van der Waals surface area contributed by atoms with Crippen molar-refractivity contribution >= 4 is 31.6 Å². The molecule has 6 nitrogen and oxygen atoms in total. The van der Waals surface area contributed by atoms with Gasteiger partial charge in [0, 0.05) is 7.05 Å². The first kappa shape index (κ1) is 15.6. The van der Waals surface area contributed by atoms with E-state index < -0.39 is 10.0 Å². The molecule has 3 rings (SSSR count). The van der Waals surface area contributed by atoms with E-state index in [1.807, 2.05) is 42.8 Å². The molecule has 1 aromatic heterocycles. The van der Waals surface area contributed by atoms with E-state index in [2.05, 4.69) is 14.8 Å². The molecule has 0 saturated carbocycles. The van der Waals surface area contributed by atoms with Gasteiger partial charge in [-0.2, -0.15) is 8.42 Å². The Bertz CT molecular complexity index is 1050. The van der Waals surface area contributed by atoms with Gasteiger partial charge in [0.05, 0.1) is 15.1 Å². The van der Waals surface area contributed by atoms with E-state index in [0.29, 0.717) is 4.80 Å². The van der Waals surface area contributed by atoms with Gasteiger partial charge < -0.3 is 4.57 Å². The van der Waals surface area contributed by atoms with Gasteiger partial charge in [0.25, 0.3) is 0 Å². The fourth-order valence-electron chi connectivity index (χ4n) is 2.04. The molecule has 0 atom stereocenters. The first-order valence-electron chi connectivity index (χ1n) is 6.80. The highest BCUT2D eigenvalue weighted by molar-refractivity contribution is 7.90. The minimum atomic E-state index is -3.83. The predicted octanol–water partition coefficient (Wildman–Crippen LogP) is 3.21. The van der Waals surface area contributed by atoms with Crippen LogP contribution in [0.3, 0.4) is 0 Å². The second-order valence-corrected chi connectivity index (χ2v) is 7.56. The van der Waals surface area contributed by atoms with E-state index in [1.165, 1.54) is 23.5 Å². The molecule has 0 aliphatic rings. The molecule has 0 bridgehead atoms. The molecule has 0 amide bonds. The molecule has 8 heteroatoms. The zero-order valence-electron chi connectivity index (χ0n) is 12.5. The summed E-state index contributed by atoms with van der Waals surface area (Å²) in [6.45, 7) is 1.88. The van der Waals surface area contributed by atoms with Gasteiger partial charge in [0.1, 0.15) is 0 Å². The Kier molecular flexibility index (Phi) is 4.10. The van der Waals surface area contributed by atoms with Crippen molar-refractivity contribution in [2.75, 3.05) is 0 Å². The molecule has 0 saturated heterocycles. The summed E-state index contributed by atoms with van der Waals surface area (Å²) < 4.78 is 30.4. The van der Waals surface area contributed by atoms with E-state index in [9.17, 15) is 8.42 Å².